The minimum Gasteiger partial charge on any atom is -0.748 e. The van der Waals surface area contributed by atoms with E-state index in [2.05, 4.69) is 6.58 Å². The van der Waals surface area contributed by atoms with Crippen molar-refractivity contribution in [2.24, 2.45) is 0 Å². The Morgan fingerprint density at radius 2 is 1.73 bits per heavy atom. The van der Waals surface area contributed by atoms with Crippen molar-refractivity contribution in [1.29, 1.82) is 0 Å². The zero-order valence-corrected chi connectivity index (χ0v) is 11.9. The Morgan fingerprint density at radius 1 is 1.27 bits per heavy atom. The summed E-state index contributed by atoms with van der Waals surface area (Å²) in [6, 6.07) is 0. The van der Waals surface area contributed by atoms with Gasteiger partial charge in [0, 0.05) is 12.8 Å². The summed E-state index contributed by atoms with van der Waals surface area (Å²) in [6.07, 6.45) is 6.30. The Bertz CT molecular complexity index is 276. The first-order valence-corrected chi connectivity index (χ1v) is 6.09. The number of Topliss-reactive ketones (excluding diaryl/α,β-unsaturated/α-hetero) is 1. The normalized spacial score (nSPS) is 15.7. The molecule has 0 unspecified atom stereocenters. The summed E-state index contributed by atoms with van der Waals surface area (Å²) < 4.78 is 28.8. The van der Waals surface area contributed by atoms with Gasteiger partial charge in [-0.1, -0.05) is 12.5 Å². The predicted molar refractivity (Wildman–Crippen MR) is 52.9 cm³/mol. The number of rotatable bonds is 2. The topological polar surface area (TPSA) is 74.3 Å². The van der Waals surface area contributed by atoms with Gasteiger partial charge in [-0.2, -0.15) is 0 Å². The summed E-state index contributed by atoms with van der Waals surface area (Å²) in [5, 5.41) is 0. The molecule has 15 heavy (non-hydrogen) atoms. The SMILES string of the molecule is C=CCS(=O)(=O)[O-].O=C1CCCCC1.[Na+]. The van der Waals surface area contributed by atoms with Crippen LogP contribution in [-0.2, 0) is 14.9 Å². The molecule has 0 bridgehead atoms. The number of carbonyl (C=O) groups is 1. The van der Waals surface area contributed by atoms with Crippen LogP contribution in [0.4, 0.5) is 0 Å². The molecule has 1 rings (SSSR count). The average molecular weight is 242 g/mol. The Kier molecular flexibility index (Phi) is 11.3. The molecule has 1 aliphatic carbocycles. The van der Waals surface area contributed by atoms with Gasteiger partial charge in [-0.05, 0) is 12.8 Å². The second-order valence-corrected chi connectivity index (χ2v) is 4.56. The molecule has 0 spiro atoms. The van der Waals surface area contributed by atoms with Gasteiger partial charge in [-0.15, -0.1) is 6.58 Å². The van der Waals surface area contributed by atoms with Crippen LogP contribution >= 0.6 is 0 Å². The molecule has 6 heteroatoms. The quantitative estimate of drug-likeness (QED) is 0.327. The molecule has 1 saturated carbocycles. The largest absolute Gasteiger partial charge is 1.00 e. The molecular formula is C9H15NaO4S. The maximum atomic E-state index is 10.5. The first kappa shape index (κ1) is 17.7. The number of hydrogen-bond acceptors (Lipinski definition) is 4. The van der Waals surface area contributed by atoms with Crippen molar-refractivity contribution in [2.45, 2.75) is 32.1 Å². The van der Waals surface area contributed by atoms with Crippen LogP contribution in [0.5, 0.6) is 0 Å². The summed E-state index contributed by atoms with van der Waals surface area (Å²) in [5.74, 6) is -0.0150. The van der Waals surface area contributed by atoms with Gasteiger partial charge in [0.2, 0.25) is 0 Å². The van der Waals surface area contributed by atoms with Gasteiger partial charge < -0.3 is 4.55 Å². The third-order valence-electron chi connectivity index (χ3n) is 1.73. The summed E-state index contributed by atoms with van der Waals surface area (Å²) in [7, 11) is -4.04. The molecule has 0 radical (unpaired) electrons. The molecule has 0 atom stereocenters. The zero-order valence-electron chi connectivity index (χ0n) is 9.07. The molecule has 1 fully saturated rings. The van der Waals surface area contributed by atoms with Crippen molar-refractivity contribution in [3.63, 3.8) is 0 Å². The van der Waals surface area contributed by atoms with E-state index in [9.17, 15) is 17.8 Å². The van der Waals surface area contributed by atoms with Crippen LogP contribution in [0.1, 0.15) is 32.1 Å². The Labute approximate surface area is 113 Å². The van der Waals surface area contributed by atoms with Gasteiger partial charge in [-0.3, -0.25) is 4.79 Å². The monoisotopic (exact) mass is 242 g/mol. The van der Waals surface area contributed by atoms with Crippen LogP contribution in [0, 0.1) is 0 Å². The minimum atomic E-state index is -4.04. The van der Waals surface area contributed by atoms with Gasteiger partial charge >= 0.3 is 29.6 Å². The molecule has 0 N–H and O–H groups in total. The number of hydrogen-bond donors (Lipinski definition) is 0. The second kappa shape index (κ2) is 9.54. The summed E-state index contributed by atoms with van der Waals surface area (Å²) in [6.45, 7) is 3.07. The van der Waals surface area contributed by atoms with Gasteiger partial charge in [0.1, 0.15) is 5.78 Å². The summed E-state index contributed by atoms with van der Waals surface area (Å²) >= 11 is 0. The maximum absolute atomic E-state index is 10.5. The molecule has 0 saturated heterocycles. The van der Waals surface area contributed by atoms with Crippen molar-refractivity contribution in [1.82, 2.24) is 0 Å². The average Bonchev–Trinajstić information content (AvgIpc) is 2.04. The second-order valence-electron chi connectivity index (χ2n) is 3.11. The summed E-state index contributed by atoms with van der Waals surface area (Å²) in [4.78, 5) is 10.5. The van der Waals surface area contributed by atoms with Crippen molar-refractivity contribution in [3.8, 4) is 0 Å². The Balaban J connectivity index is 0. The van der Waals surface area contributed by atoms with Crippen LogP contribution in [0.25, 0.3) is 0 Å². The minimum absolute atomic E-state index is 0. The van der Waals surface area contributed by atoms with Crippen molar-refractivity contribution in [3.05, 3.63) is 12.7 Å². The summed E-state index contributed by atoms with van der Waals surface area (Å²) in [5.41, 5.74) is 0. The van der Waals surface area contributed by atoms with E-state index >= 15 is 0 Å². The van der Waals surface area contributed by atoms with Crippen LogP contribution < -0.4 is 29.6 Å². The van der Waals surface area contributed by atoms with Crippen LogP contribution in [0.3, 0.4) is 0 Å². The first-order chi connectivity index (χ1) is 6.45. The maximum Gasteiger partial charge on any atom is 1.00 e. The fourth-order valence-corrected chi connectivity index (χ4v) is 1.38. The molecule has 0 heterocycles. The zero-order chi connectivity index (χ0) is 11.0. The third-order valence-corrected chi connectivity index (χ3v) is 2.38. The molecule has 4 nitrogen and oxygen atoms in total. The third kappa shape index (κ3) is 14.3. The van der Waals surface area contributed by atoms with E-state index in [0.29, 0.717) is 5.78 Å². The van der Waals surface area contributed by atoms with Crippen LogP contribution in [0.15, 0.2) is 12.7 Å². The van der Waals surface area contributed by atoms with E-state index in [-0.39, 0.29) is 29.6 Å². The Hall–Kier alpha value is 0.320. The van der Waals surface area contributed by atoms with E-state index in [1.807, 2.05) is 0 Å². The molecule has 0 aliphatic heterocycles. The van der Waals surface area contributed by atoms with Crippen LogP contribution in [-0.4, -0.2) is 24.5 Å². The molecule has 1 aliphatic rings. The van der Waals surface area contributed by atoms with E-state index in [1.54, 1.807) is 0 Å². The predicted octanol–water partition coefficient (Wildman–Crippen LogP) is -1.76. The fourth-order valence-electron chi connectivity index (χ4n) is 1.09. The first-order valence-electron chi connectivity index (χ1n) is 4.52. The molecule has 0 aromatic rings. The van der Waals surface area contributed by atoms with E-state index in [0.717, 1.165) is 31.8 Å². The molecule has 0 amide bonds. The van der Waals surface area contributed by atoms with Crippen LogP contribution in [0.2, 0.25) is 0 Å². The molecular weight excluding hydrogens is 227 g/mol. The molecule has 0 aromatic carbocycles. The van der Waals surface area contributed by atoms with Crippen molar-refractivity contribution >= 4 is 15.9 Å². The smallest absolute Gasteiger partial charge is 0.748 e. The van der Waals surface area contributed by atoms with Crippen molar-refractivity contribution in [2.75, 3.05) is 5.75 Å². The van der Waals surface area contributed by atoms with E-state index < -0.39 is 15.9 Å². The van der Waals surface area contributed by atoms with E-state index in [1.165, 1.54) is 6.42 Å². The van der Waals surface area contributed by atoms with Gasteiger partial charge in [0.05, 0.1) is 15.9 Å². The standard InChI is InChI=1S/C6H10O.C3H6O3S.Na/c7-6-4-2-1-3-5-6;1-2-3-7(4,5)6;/h1-5H2;2H,1,3H2,(H,4,5,6);/q;;+1/p-1. The van der Waals surface area contributed by atoms with Gasteiger partial charge in [0.25, 0.3) is 0 Å². The van der Waals surface area contributed by atoms with Crippen molar-refractivity contribution < 1.29 is 47.3 Å². The number of carbonyl (C=O) groups excluding carboxylic acids is 1. The van der Waals surface area contributed by atoms with Gasteiger partial charge in [-0.25, -0.2) is 8.42 Å². The number of ketones is 1. The van der Waals surface area contributed by atoms with E-state index in [4.69, 9.17) is 0 Å². The fraction of sp³-hybridized carbons (Fsp3) is 0.667. The Morgan fingerprint density at radius 3 is 1.87 bits per heavy atom. The van der Waals surface area contributed by atoms with Gasteiger partial charge in [0.15, 0.2) is 0 Å². The molecule has 82 valence electrons. The molecule has 0 aromatic heterocycles.